The van der Waals surface area contributed by atoms with Gasteiger partial charge in [0.25, 0.3) is 0 Å². The van der Waals surface area contributed by atoms with E-state index in [2.05, 4.69) is 41.5 Å². The summed E-state index contributed by atoms with van der Waals surface area (Å²) in [4.78, 5) is 14.5. The molecule has 1 heterocycles. The van der Waals surface area contributed by atoms with E-state index < -0.39 is 0 Å². The molecule has 0 bridgehead atoms. The zero-order valence-electron chi connectivity index (χ0n) is 15.5. The average Bonchev–Trinajstić information content (AvgIpc) is 2.64. The first kappa shape index (κ1) is 18.2. The summed E-state index contributed by atoms with van der Waals surface area (Å²) in [5.74, 6) is 1.40. The van der Waals surface area contributed by atoms with Crippen molar-refractivity contribution < 1.29 is 9.53 Å². The van der Waals surface area contributed by atoms with Gasteiger partial charge in [-0.2, -0.15) is 0 Å². The number of nitrogens with zero attached hydrogens (tertiary/aromatic N) is 1. The summed E-state index contributed by atoms with van der Waals surface area (Å²) in [7, 11) is 0. The lowest BCUT2D eigenvalue weighted by Crippen LogP contribution is -2.43. The largest absolute Gasteiger partial charge is 0.378 e. The van der Waals surface area contributed by atoms with Crippen LogP contribution in [0.5, 0.6) is 0 Å². The predicted octanol–water partition coefficient (Wildman–Crippen LogP) is 2.88. The number of hydrogen-bond acceptors (Lipinski definition) is 4. The van der Waals surface area contributed by atoms with Crippen molar-refractivity contribution in [3.8, 4) is 0 Å². The standard InChI is InChI=1S/C20H31N3O2/c1-15-4-3-5-19(16(15)2)21-14-20(24)22-17-6-8-18(9-7-17)23-10-12-25-13-11-23/h6-9,15-16,19,21H,3-5,10-14H2,1-2H3,(H,22,24)/t15-,16+,19-/m0/s1. The summed E-state index contributed by atoms with van der Waals surface area (Å²) < 4.78 is 5.38. The van der Waals surface area contributed by atoms with Gasteiger partial charge in [0.1, 0.15) is 0 Å². The number of carbonyl (C=O) groups excluding carboxylic acids is 1. The summed E-state index contributed by atoms with van der Waals surface area (Å²) in [5, 5.41) is 6.44. The number of hydrogen-bond donors (Lipinski definition) is 2. The Balaban J connectivity index is 1.46. The summed E-state index contributed by atoms with van der Waals surface area (Å²) in [6, 6.07) is 8.55. The molecule has 0 radical (unpaired) electrons. The molecule has 25 heavy (non-hydrogen) atoms. The molecule has 3 atom stereocenters. The highest BCUT2D eigenvalue weighted by atomic mass is 16.5. The Labute approximate surface area is 151 Å². The lowest BCUT2D eigenvalue weighted by molar-refractivity contribution is -0.115. The number of benzene rings is 1. The molecule has 1 aliphatic heterocycles. The third-order valence-electron chi connectivity index (χ3n) is 5.76. The van der Waals surface area contributed by atoms with Crippen LogP contribution < -0.4 is 15.5 Å². The van der Waals surface area contributed by atoms with Crippen molar-refractivity contribution in [1.82, 2.24) is 5.32 Å². The molecule has 138 valence electrons. The molecule has 0 unspecified atom stereocenters. The fraction of sp³-hybridized carbons (Fsp3) is 0.650. The number of amides is 1. The molecule has 5 nitrogen and oxygen atoms in total. The molecule has 1 amide bonds. The van der Waals surface area contributed by atoms with Crippen molar-refractivity contribution in [1.29, 1.82) is 0 Å². The fourth-order valence-electron chi connectivity index (χ4n) is 3.88. The molecule has 0 aromatic heterocycles. The minimum atomic E-state index is 0.0320. The topological polar surface area (TPSA) is 53.6 Å². The maximum Gasteiger partial charge on any atom is 0.238 e. The van der Waals surface area contributed by atoms with E-state index in [1.54, 1.807) is 0 Å². The zero-order chi connectivity index (χ0) is 17.6. The van der Waals surface area contributed by atoms with Gasteiger partial charge < -0.3 is 20.3 Å². The molecule has 1 aromatic rings. The van der Waals surface area contributed by atoms with Crippen LogP contribution in [0.3, 0.4) is 0 Å². The number of carbonyl (C=O) groups is 1. The van der Waals surface area contributed by atoms with Crippen LogP contribution in [-0.2, 0) is 9.53 Å². The van der Waals surface area contributed by atoms with Crippen molar-refractivity contribution in [3.63, 3.8) is 0 Å². The lowest BCUT2D eigenvalue weighted by atomic mass is 9.78. The monoisotopic (exact) mass is 345 g/mol. The molecule has 2 fully saturated rings. The van der Waals surface area contributed by atoms with Gasteiger partial charge in [-0.15, -0.1) is 0 Å². The average molecular weight is 345 g/mol. The molecule has 1 saturated carbocycles. The summed E-state index contributed by atoms with van der Waals surface area (Å²) in [5.41, 5.74) is 2.04. The van der Waals surface area contributed by atoms with Gasteiger partial charge in [0, 0.05) is 30.5 Å². The number of morpholine rings is 1. The van der Waals surface area contributed by atoms with E-state index in [4.69, 9.17) is 4.74 Å². The Bertz CT molecular complexity index is 555. The van der Waals surface area contributed by atoms with Crippen LogP contribution in [0.4, 0.5) is 11.4 Å². The molecule has 2 N–H and O–H groups in total. The van der Waals surface area contributed by atoms with Crippen LogP contribution in [0.25, 0.3) is 0 Å². The van der Waals surface area contributed by atoms with Gasteiger partial charge in [0.05, 0.1) is 19.8 Å². The van der Waals surface area contributed by atoms with Crippen molar-refractivity contribution >= 4 is 17.3 Å². The normalized spacial score (nSPS) is 27.1. The molecule has 2 aliphatic rings. The summed E-state index contributed by atoms with van der Waals surface area (Å²) in [6.45, 7) is 8.40. The maximum absolute atomic E-state index is 12.2. The van der Waals surface area contributed by atoms with Gasteiger partial charge in [-0.25, -0.2) is 0 Å². The quantitative estimate of drug-likeness (QED) is 0.862. The van der Waals surface area contributed by atoms with Crippen molar-refractivity contribution in [2.45, 2.75) is 39.2 Å². The van der Waals surface area contributed by atoms with E-state index >= 15 is 0 Å². The molecule has 1 aromatic carbocycles. The smallest absolute Gasteiger partial charge is 0.238 e. The molecule has 5 heteroatoms. The van der Waals surface area contributed by atoms with Gasteiger partial charge in [0.15, 0.2) is 0 Å². The Kier molecular flexibility index (Phi) is 6.32. The number of nitrogens with one attached hydrogen (secondary N) is 2. The zero-order valence-corrected chi connectivity index (χ0v) is 15.5. The number of anilines is 2. The maximum atomic E-state index is 12.2. The molecule has 1 saturated heterocycles. The van der Waals surface area contributed by atoms with Crippen LogP contribution in [-0.4, -0.2) is 44.8 Å². The second-order valence-electron chi connectivity index (χ2n) is 7.45. The van der Waals surface area contributed by atoms with Gasteiger partial charge in [-0.1, -0.05) is 26.7 Å². The van der Waals surface area contributed by atoms with Crippen molar-refractivity contribution in [2.75, 3.05) is 43.1 Å². The summed E-state index contributed by atoms with van der Waals surface area (Å²) >= 11 is 0. The summed E-state index contributed by atoms with van der Waals surface area (Å²) in [6.07, 6.45) is 3.74. The third kappa shape index (κ3) is 4.95. The van der Waals surface area contributed by atoms with E-state index in [0.29, 0.717) is 18.5 Å². The predicted molar refractivity (Wildman–Crippen MR) is 102 cm³/mol. The highest BCUT2D eigenvalue weighted by molar-refractivity contribution is 5.92. The first-order valence-electron chi connectivity index (χ1n) is 9.59. The first-order chi connectivity index (χ1) is 12.1. The molecular weight excluding hydrogens is 314 g/mol. The van der Waals surface area contributed by atoms with Crippen molar-refractivity contribution in [2.24, 2.45) is 11.8 Å². The Morgan fingerprint density at radius 3 is 2.60 bits per heavy atom. The number of rotatable bonds is 5. The highest BCUT2D eigenvalue weighted by Crippen LogP contribution is 2.29. The lowest BCUT2D eigenvalue weighted by Gasteiger charge is -2.34. The van der Waals surface area contributed by atoms with Gasteiger partial charge >= 0.3 is 0 Å². The fourth-order valence-corrected chi connectivity index (χ4v) is 3.88. The Morgan fingerprint density at radius 2 is 1.88 bits per heavy atom. The van der Waals surface area contributed by atoms with Crippen LogP contribution in [0.15, 0.2) is 24.3 Å². The second kappa shape index (κ2) is 8.68. The van der Waals surface area contributed by atoms with E-state index in [1.807, 2.05) is 12.1 Å². The van der Waals surface area contributed by atoms with Crippen LogP contribution in [0.1, 0.15) is 33.1 Å². The first-order valence-corrected chi connectivity index (χ1v) is 9.59. The van der Waals surface area contributed by atoms with Crippen molar-refractivity contribution in [3.05, 3.63) is 24.3 Å². The minimum Gasteiger partial charge on any atom is -0.378 e. The van der Waals surface area contributed by atoms with E-state index in [9.17, 15) is 4.79 Å². The van der Waals surface area contributed by atoms with Gasteiger partial charge in [-0.3, -0.25) is 4.79 Å². The van der Waals surface area contributed by atoms with Crippen LogP contribution in [0.2, 0.25) is 0 Å². The Morgan fingerprint density at radius 1 is 1.16 bits per heavy atom. The number of ether oxygens (including phenoxy) is 1. The van der Waals surface area contributed by atoms with Crippen LogP contribution >= 0.6 is 0 Å². The van der Waals surface area contributed by atoms with Crippen LogP contribution in [0, 0.1) is 11.8 Å². The minimum absolute atomic E-state index is 0.0320. The van der Waals surface area contributed by atoms with E-state index in [-0.39, 0.29) is 5.91 Å². The van der Waals surface area contributed by atoms with E-state index in [1.165, 1.54) is 24.9 Å². The van der Waals surface area contributed by atoms with Gasteiger partial charge in [0.2, 0.25) is 5.91 Å². The van der Waals surface area contributed by atoms with E-state index in [0.717, 1.165) is 37.9 Å². The third-order valence-corrected chi connectivity index (χ3v) is 5.76. The molecule has 0 spiro atoms. The van der Waals surface area contributed by atoms with Gasteiger partial charge in [-0.05, 0) is 42.5 Å². The molecule has 1 aliphatic carbocycles. The SMILES string of the molecule is C[C@H]1[C@@H](NCC(=O)Nc2ccc(N3CCOCC3)cc2)CCC[C@@H]1C. The second-order valence-corrected chi connectivity index (χ2v) is 7.45. The molecule has 3 rings (SSSR count). The molecular formula is C20H31N3O2. The highest BCUT2D eigenvalue weighted by Gasteiger charge is 2.26. The Hall–Kier alpha value is -1.59.